The summed E-state index contributed by atoms with van der Waals surface area (Å²) < 4.78 is 10.5. The van der Waals surface area contributed by atoms with Gasteiger partial charge in [-0.05, 0) is 43.3 Å². The molecule has 1 N–H and O–H groups in total. The van der Waals surface area contributed by atoms with Crippen LogP contribution < -0.4 is 14.9 Å². The van der Waals surface area contributed by atoms with Crippen LogP contribution in [0, 0.1) is 17.0 Å². The molecule has 3 aromatic rings. The third kappa shape index (κ3) is 5.72. The van der Waals surface area contributed by atoms with E-state index in [4.69, 9.17) is 21.1 Å². The Hall–Kier alpha value is -4.24. The maximum atomic E-state index is 12.8. The van der Waals surface area contributed by atoms with E-state index in [0.717, 1.165) is 11.8 Å². The van der Waals surface area contributed by atoms with Crippen molar-refractivity contribution in [3.8, 4) is 11.5 Å². The quantitative estimate of drug-likeness (QED) is 0.179. The van der Waals surface area contributed by atoms with Gasteiger partial charge in [-0.2, -0.15) is 5.10 Å². The number of hydrogen-bond donors (Lipinski definition) is 1. The minimum atomic E-state index is -0.915. The third-order valence-electron chi connectivity index (χ3n) is 4.48. The van der Waals surface area contributed by atoms with Crippen LogP contribution in [0.4, 0.5) is 5.69 Å². The maximum absolute atomic E-state index is 12.8. The summed E-state index contributed by atoms with van der Waals surface area (Å²) in [5.41, 5.74) is 3.34. The standard InChI is InChI=1S/C23H18ClN3O6/c1-14-6-8-15(9-7-14)22(28)26-25-13-16-4-3-5-19(27(30)31)21(16)33-23(29)18-12-17(24)10-11-20(18)32-2/h3-13H,1-2H3,(H,26,28)/b25-13+. The number of nitrogens with zero attached hydrogens (tertiary/aromatic N) is 2. The number of amides is 1. The first-order valence-electron chi connectivity index (χ1n) is 9.53. The maximum Gasteiger partial charge on any atom is 0.347 e. The average molecular weight is 468 g/mol. The minimum Gasteiger partial charge on any atom is -0.496 e. The molecule has 0 fully saturated rings. The van der Waals surface area contributed by atoms with E-state index in [9.17, 15) is 19.7 Å². The lowest BCUT2D eigenvalue weighted by molar-refractivity contribution is -0.385. The van der Waals surface area contributed by atoms with E-state index < -0.39 is 22.5 Å². The number of methoxy groups -OCH3 is 1. The fourth-order valence-corrected chi connectivity index (χ4v) is 2.99. The average Bonchev–Trinajstić information content (AvgIpc) is 2.80. The fraction of sp³-hybridized carbons (Fsp3) is 0.0870. The van der Waals surface area contributed by atoms with E-state index in [-0.39, 0.29) is 27.6 Å². The summed E-state index contributed by atoms with van der Waals surface area (Å²) in [6, 6.07) is 15.2. The number of aryl methyl sites for hydroxylation is 1. The van der Waals surface area contributed by atoms with Crippen molar-refractivity contribution in [1.82, 2.24) is 5.43 Å². The number of ether oxygens (including phenoxy) is 2. The normalized spacial score (nSPS) is 10.6. The summed E-state index contributed by atoms with van der Waals surface area (Å²) in [4.78, 5) is 35.8. The zero-order valence-electron chi connectivity index (χ0n) is 17.6. The molecule has 0 saturated heterocycles. The Labute approximate surface area is 193 Å². The van der Waals surface area contributed by atoms with Gasteiger partial charge in [-0.3, -0.25) is 14.9 Å². The van der Waals surface area contributed by atoms with Crippen LogP contribution in [0.15, 0.2) is 65.8 Å². The molecule has 0 radical (unpaired) electrons. The monoisotopic (exact) mass is 467 g/mol. The van der Waals surface area contributed by atoms with Crippen LogP contribution in [0.2, 0.25) is 5.02 Å². The summed E-state index contributed by atoms with van der Waals surface area (Å²) in [6.07, 6.45) is 1.15. The molecule has 168 valence electrons. The third-order valence-corrected chi connectivity index (χ3v) is 4.72. The Morgan fingerprint density at radius 3 is 2.52 bits per heavy atom. The van der Waals surface area contributed by atoms with E-state index in [0.29, 0.717) is 5.56 Å². The van der Waals surface area contributed by atoms with Gasteiger partial charge in [-0.1, -0.05) is 35.4 Å². The van der Waals surface area contributed by atoms with Gasteiger partial charge < -0.3 is 9.47 Å². The van der Waals surface area contributed by atoms with Gasteiger partial charge in [0, 0.05) is 22.2 Å². The number of carbonyl (C=O) groups is 2. The van der Waals surface area contributed by atoms with Gasteiger partial charge in [0.2, 0.25) is 5.75 Å². The Kier molecular flexibility index (Phi) is 7.37. The first kappa shape index (κ1) is 23.4. The molecule has 33 heavy (non-hydrogen) atoms. The Balaban J connectivity index is 1.88. The van der Waals surface area contributed by atoms with Gasteiger partial charge in [-0.25, -0.2) is 10.2 Å². The summed E-state index contributed by atoms with van der Waals surface area (Å²) in [6.45, 7) is 1.89. The number of esters is 1. The molecule has 10 heteroatoms. The number of halogens is 1. The van der Waals surface area contributed by atoms with E-state index >= 15 is 0 Å². The molecule has 1 amide bonds. The van der Waals surface area contributed by atoms with E-state index in [1.54, 1.807) is 24.3 Å². The van der Waals surface area contributed by atoms with Crippen LogP contribution in [0.3, 0.4) is 0 Å². The second-order valence-electron chi connectivity index (χ2n) is 6.75. The molecule has 0 atom stereocenters. The number of nitro groups is 1. The van der Waals surface area contributed by atoms with Crippen molar-refractivity contribution in [3.05, 3.63) is 98.1 Å². The lowest BCUT2D eigenvalue weighted by Gasteiger charge is -2.11. The molecule has 0 heterocycles. The highest BCUT2D eigenvalue weighted by Gasteiger charge is 2.24. The Morgan fingerprint density at radius 1 is 1.12 bits per heavy atom. The van der Waals surface area contributed by atoms with Crippen molar-refractivity contribution < 1.29 is 24.0 Å². The SMILES string of the molecule is COc1ccc(Cl)cc1C(=O)Oc1c(/C=N/NC(=O)c2ccc(C)cc2)cccc1[N+](=O)[O-]. The van der Waals surface area contributed by atoms with Crippen LogP contribution >= 0.6 is 11.6 Å². The predicted octanol–water partition coefficient (Wildman–Crippen LogP) is 4.55. The van der Waals surface area contributed by atoms with Crippen LogP contribution in [-0.2, 0) is 0 Å². The van der Waals surface area contributed by atoms with Crippen molar-refractivity contribution >= 4 is 35.4 Å². The number of hydrogen-bond acceptors (Lipinski definition) is 7. The molecule has 0 aromatic heterocycles. The molecular formula is C23H18ClN3O6. The van der Waals surface area contributed by atoms with Gasteiger partial charge in [0.1, 0.15) is 11.3 Å². The Bertz CT molecular complexity index is 1240. The van der Waals surface area contributed by atoms with Gasteiger partial charge in [-0.15, -0.1) is 0 Å². The van der Waals surface area contributed by atoms with E-state index in [1.807, 2.05) is 6.92 Å². The molecule has 0 unspecified atom stereocenters. The van der Waals surface area contributed by atoms with Crippen LogP contribution in [-0.4, -0.2) is 30.1 Å². The molecule has 0 spiro atoms. The van der Waals surface area contributed by atoms with Gasteiger partial charge in [0.05, 0.1) is 18.2 Å². The predicted molar refractivity (Wildman–Crippen MR) is 122 cm³/mol. The van der Waals surface area contributed by atoms with Crippen molar-refractivity contribution in [2.75, 3.05) is 7.11 Å². The summed E-state index contributed by atoms with van der Waals surface area (Å²) in [5, 5.41) is 15.6. The van der Waals surface area contributed by atoms with Crippen LogP contribution in [0.5, 0.6) is 11.5 Å². The van der Waals surface area contributed by atoms with Crippen LogP contribution in [0.25, 0.3) is 0 Å². The number of para-hydroxylation sites is 1. The van der Waals surface area contributed by atoms with E-state index in [2.05, 4.69) is 10.5 Å². The number of hydrazone groups is 1. The number of benzene rings is 3. The first-order chi connectivity index (χ1) is 15.8. The second-order valence-corrected chi connectivity index (χ2v) is 7.19. The summed E-state index contributed by atoms with van der Waals surface area (Å²) >= 11 is 5.96. The zero-order valence-corrected chi connectivity index (χ0v) is 18.3. The summed E-state index contributed by atoms with van der Waals surface area (Å²) in [5.74, 6) is -1.55. The highest BCUT2D eigenvalue weighted by molar-refractivity contribution is 6.31. The van der Waals surface area contributed by atoms with Gasteiger partial charge >= 0.3 is 11.7 Å². The smallest absolute Gasteiger partial charge is 0.347 e. The van der Waals surface area contributed by atoms with Crippen molar-refractivity contribution in [2.24, 2.45) is 5.10 Å². The lowest BCUT2D eigenvalue weighted by Crippen LogP contribution is -2.18. The number of nitrogens with one attached hydrogen (secondary N) is 1. The molecule has 3 rings (SSSR count). The van der Waals surface area contributed by atoms with Crippen molar-refractivity contribution in [1.29, 1.82) is 0 Å². The number of rotatable bonds is 7. The summed E-state index contributed by atoms with van der Waals surface area (Å²) in [7, 11) is 1.36. The highest BCUT2D eigenvalue weighted by Crippen LogP contribution is 2.32. The van der Waals surface area contributed by atoms with E-state index in [1.165, 1.54) is 43.5 Å². The molecule has 0 saturated carbocycles. The van der Waals surface area contributed by atoms with Crippen molar-refractivity contribution in [3.63, 3.8) is 0 Å². The van der Waals surface area contributed by atoms with Crippen LogP contribution in [0.1, 0.15) is 31.8 Å². The fourth-order valence-electron chi connectivity index (χ4n) is 2.82. The molecule has 0 aliphatic heterocycles. The molecule has 0 bridgehead atoms. The van der Waals surface area contributed by atoms with Gasteiger partial charge in [0.25, 0.3) is 5.91 Å². The topological polar surface area (TPSA) is 120 Å². The molecular weight excluding hydrogens is 450 g/mol. The lowest BCUT2D eigenvalue weighted by atomic mass is 10.1. The first-order valence-corrected chi connectivity index (χ1v) is 9.91. The molecule has 0 aliphatic rings. The zero-order chi connectivity index (χ0) is 24.0. The highest BCUT2D eigenvalue weighted by atomic mass is 35.5. The molecule has 3 aromatic carbocycles. The number of carbonyl (C=O) groups excluding carboxylic acids is 2. The Morgan fingerprint density at radius 2 is 1.85 bits per heavy atom. The minimum absolute atomic E-state index is 0.0151. The van der Waals surface area contributed by atoms with Crippen molar-refractivity contribution in [2.45, 2.75) is 6.92 Å². The number of nitro benzene ring substituents is 1. The largest absolute Gasteiger partial charge is 0.496 e. The molecule has 0 aliphatic carbocycles. The van der Waals surface area contributed by atoms with Gasteiger partial charge in [0.15, 0.2) is 0 Å². The molecule has 9 nitrogen and oxygen atoms in total. The second kappa shape index (κ2) is 10.4.